The Hall–Kier alpha value is -2.68. The predicted octanol–water partition coefficient (Wildman–Crippen LogP) is 5.09. The number of amides is 1. The minimum Gasteiger partial charge on any atom is -0.343 e. The van der Waals surface area contributed by atoms with Gasteiger partial charge in [0.2, 0.25) is 5.91 Å². The summed E-state index contributed by atoms with van der Waals surface area (Å²) in [5.74, 6) is 0.969. The van der Waals surface area contributed by atoms with Gasteiger partial charge in [0.25, 0.3) is 0 Å². The van der Waals surface area contributed by atoms with E-state index in [4.69, 9.17) is 0 Å². The van der Waals surface area contributed by atoms with Gasteiger partial charge in [-0.05, 0) is 42.2 Å². The van der Waals surface area contributed by atoms with E-state index in [1.54, 1.807) is 0 Å². The lowest BCUT2D eigenvalue weighted by atomic mass is 9.89. The molecule has 1 aliphatic heterocycles. The van der Waals surface area contributed by atoms with Crippen LogP contribution < -0.4 is 0 Å². The molecule has 2 aromatic carbocycles. The first-order valence-electron chi connectivity index (χ1n) is 9.95. The first-order chi connectivity index (χ1) is 13.2. The minimum atomic E-state index is 0.292. The molecule has 0 radical (unpaired) electrons. The zero-order valence-electron chi connectivity index (χ0n) is 15.9. The maximum Gasteiger partial charge on any atom is 0.222 e. The van der Waals surface area contributed by atoms with Crippen LogP contribution >= 0.6 is 0 Å². The standard InChI is InChI=1S/C24H26N2O/c1-2-24(27)26-13-11-19(12-14-26)15-18-7-9-20(10-8-18)23-16-21-5-3-4-6-22(21)17-25-23/h3-10,16-17,19H,2,11-15H2,1H3. The first-order valence-corrected chi connectivity index (χ1v) is 9.95. The fourth-order valence-corrected chi connectivity index (χ4v) is 4.00. The van der Waals surface area contributed by atoms with Crippen LogP contribution in [-0.4, -0.2) is 28.9 Å². The molecule has 138 valence electrons. The van der Waals surface area contributed by atoms with E-state index in [0.717, 1.165) is 43.6 Å². The number of fused-ring (bicyclic) bond motifs is 1. The molecular weight excluding hydrogens is 332 g/mol. The highest BCUT2D eigenvalue weighted by atomic mass is 16.2. The van der Waals surface area contributed by atoms with Crippen molar-refractivity contribution in [1.29, 1.82) is 0 Å². The van der Waals surface area contributed by atoms with E-state index >= 15 is 0 Å². The largest absolute Gasteiger partial charge is 0.343 e. The summed E-state index contributed by atoms with van der Waals surface area (Å²) in [6, 6.07) is 19.3. The Kier molecular flexibility index (Phi) is 5.19. The molecule has 3 nitrogen and oxygen atoms in total. The van der Waals surface area contributed by atoms with Gasteiger partial charge in [0, 0.05) is 36.7 Å². The normalized spacial score (nSPS) is 15.2. The first kappa shape index (κ1) is 17.7. The van der Waals surface area contributed by atoms with Crippen molar-refractivity contribution < 1.29 is 4.79 Å². The van der Waals surface area contributed by atoms with Crippen molar-refractivity contribution in [2.24, 2.45) is 5.92 Å². The van der Waals surface area contributed by atoms with E-state index in [1.165, 1.54) is 16.3 Å². The summed E-state index contributed by atoms with van der Waals surface area (Å²) in [6.45, 7) is 3.77. The third-order valence-corrected chi connectivity index (χ3v) is 5.67. The van der Waals surface area contributed by atoms with E-state index in [1.807, 2.05) is 24.1 Å². The second-order valence-corrected chi connectivity index (χ2v) is 7.50. The van der Waals surface area contributed by atoms with Gasteiger partial charge in [-0.15, -0.1) is 0 Å². The highest BCUT2D eigenvalue weighted by molar-refractivity contribution is 5.85. The lowest BCUT2D eigenvalue weighted by molar-refractivity contribution is -0.132. The van der Waals surface area contributed by atoms with Gasteiger partial charge in [-0.3, -0.25) is 9.78 Å². The Morgan fingerprint density at radius 3 is 2.44 bits per heavy atom. The maximum absolute atomic E-state index is 11.8. The number of benzene rings is 2. The number of hydrogen-bond acceptors (Lipinski definition) is 2. The molecule has 1 saturated heterocycles. The Morgan fingerprint density at radius 1 is 1.04 bits per heavy atom. The maximum atomic E-state index is 11.8. The third-order valence-electron chi connectivity index (χ3n) is 5.67. The number of carbonyl (C=O) groups excluding carboxylic acids is 1. The Labute approximate surface area is 161 Å². The number of nitrogens with zero attached hydrogens (tertiary/aromatic N) is 2. The fraction of sp³-hybridized carbons (Fsp3) is 0.333. The van der Waals surface area contributed by atoms with E-state index in [-0.39, 0.29) is 0 Å². The summed E-state index contributed by atoms with van der Waals surface area (Å²) in [5, 5.41) is 2.39. The molecule has 1 amide bonds. The van der Waals surface area contributed by atoms with Crippen LogP contribution in [0, 0.1) is 5.92 Å². The molecule has 1 fully saturated rings. The minimum absolute atomic E-state index is 0.292. The van der Waals surface area contributed by atoms with Crippen LogP contribution in [0.4, 0.5) is 0 Å². The number of aromatic nitrogens is 1. The summed E-state index contributed by atoms with van der Waals surface area (Å²) in [6.07, 6.45) is 5.89. The number of piperidine rings is 1. The summed E-state index contributed by atoms with van der Waals surface area (Å²) in [4.78, 5) is 18.4. The summed E-state index contributed by atoms with van der Waals surface area (Å²) < 4.78 is 0. The number of carbonyl (C=O) groups is 1. The predicted molar refractivity (Wildman–Crippen MR) is 110 cm³/mol. The van der Waals surface area contributed by atoms with Gasteiger partial charge in [-0.2, -0.15) is 0 Å². The zero-order valence-corrected chi connectivity index (χ0v) is 15.9. The molecule has 0 atom stereocenters. The average molecular weight is 358 g/mol. The van der Waals surface area contributed by atoms with Crippen molar-refractivity contribution >= 4 is 16.7 Å². The Morgan fingerprint density at radius 2 is 1.74 bits per heavy atom. The van der Waals surface area contributed by atoms with Gasteiger partial charge >= 0.3 is 0 Å². The molecule has 0 saturated carbocycles. The molecular formula is C24H26N2O. The van der Waals surface area contributed by atoms with Gasteiger partial charge in [0.05, 0.1) is 5.69 Å². The van der Waals surface area contributed by atoms with Gasteiger partial charge in [0.1, 0.15) is 0 Å². The van der Waals surface area contributed by atoms with Crippen LogP contribution in [0.3, 0.4) is 0 Å². The number of rotatable bonds is 4. The van der Waals surface area contributed by atoms with Gasteiger partial charge in [0.15, 0.2) is 0 Å². The molecule has 27 heavy (non-hydrogen) atoms. The second-order valence-electron chi connectivity index (χ2n) is 7.50. The molecule has 1 aromatic heterocycles. The molecule has 3 aromatic rings. The number of likely N-dealkylation sites (tertiary alicyclic amines) is 1. The van der Waals surface area contributed by atoms with Crippen molar-refractivity contribution in [3.63, 3.8) is 0 Å². The smallest absolute Gasteiger partial charge is 0.222 e. The third kappa shape index (κ3) is 4.02. The molecule has 0 aliphatic carbocycles. The van der Waals surface area contributed by atoms with E-state index < -0.39 is 0 Å². The summed E-state index contributed by atoms with van der Waals surface area (Å²) >= 11 is 0. The molecule has 1 aliphatic rings. The fourth-order valence-electron chi connectivity index (χ4n) is 4.00. The van der Waals surface area contributed by atoms with E-state index in [2.05, 4.69) is 53.5 Å². The van der Waals surface area contributed by atoms with Crippen molar-refractivity contribution in [3.05, 3.63) is 66.4 Å². The number of pyridine rings is 1. The second kappa shape index (κ2) is 7.91. The SMILES string of the molecule is CCC(=O)N1CCC(Cc2ccc(-c3cc4ccccc4cn3)cc2)CC1. The van der Waals surface area contributed by atoms with Crippen molar-refractivity contribution in [3.8, 4) is 11.3 Å². The van der Waals surface area contributed by atoms with Crippen molar-refractivity contribution in [1.82, 2.24) is 9.88 Å². The van der Waals surface area contributed by atoms with Crippen LogP contribution in [0.25, 0.3) is 22.0 Å². The zero-order chi connectivity index (χ0) is 18.6. The highest BCUT2D eigenvalue weighted by Gasteiger charge is 2.21. The quantitative estimate of drug-likeness (QED) is 0.650. The molecule has 2 heterocycles. The molecule has 4 rings (SSSR count). The highest BCUT2D eigenvalue weighted by Crippen LogP contribution is 2.25. The van der Waals surface area contributed by atoms with Crippen molar-refractivity contribution in [2.75, 3.05) is 13.1 Å². The molecule has 0 unspecified atom stereocenters. The van der Waals surface area contributed by atoms with Crippen LogP contribution in [-0.2, 0) is 11.2 Å². The summed E-state index contributed by atoms with van der Waals surface area (Å²) in [5.41, 5.74) is 3.55. The molecule has 0 N–H and O–H groups in total. The molecule has 0 bridgehead atoms. The van der Waals surface area contributed by atoms with Gasteiger partial charge in [-0.25, -0.2) is 0 Å². The summed E-state index contributed by atoms with van der Waals surface area (Å²) in [7, 11) is 0. The lowest BCUT2D eigenvalue weighted by Gasteiger charge is -2.32. The Balaban J connectivity index is 1.41. The van der Waals surface area contributed by atoms with Crippen LogP contribution in [0.5, 0.6) is 0 Å². The van der Waals surface area contributed by atoms with Gasteiger partial charge in [-0.1, -0.05) is 55.5 Å². The van der Waals surface area contributed by atoms with Gasteiger partial charge < -0.3 is 4.90 Å². The Bertz CT molecular complexity index is 925. The van der Waals surface area contributed by atoms with Crippen LogP contribution in [0.15, 0.2) is 60.8 Å². The van der Waals surface area contributed by atoms with E-state index in [0.29, 0.717) is 18.2 Å². The topological polar surface area (TPSA) is 33.2 Å². The lowest BCUT2D eigenvalue weighted by Crippen LogP contribution is -2.38. The molecule has 3 heteroatoms. The molecule has 0 spiro atoms. The average Bonchev–Trinajstić information content (AvgIpc) is 2.74. The van der Waals surface area contributed by atoms with Crippen molar-refractivity contribution in [2.45, 2.75) is 32.6 Å². The number of hydrogen-bond donors (Lipinski definition) is 0. The monoisotopic (exact) mass is 358 g/mol. The van der Waals surface area contributed by atoms with E-state index in [9.17, 15) is 4.79 Å². The van der Waals surface area contributed by atoms with Crippen LogP contribution in [0.1, 0.15) is 31.7 Å². The van der Waals surface area contributed by atoms with Crippen LogP contribution in [0.2, 0.25) is 0 Å².